The summed E-state index contributed by atoms with van der Waals surface area (Å²) in [6.07, 6.45) is 13.6. The van der Waals surface area contributed by atoms with Crippen molar-refractivity contribution in [1.29, 1.82) is 0 Å². The lowest BCUT2D eigenvalue weighted by atomic mass is 10.1. The van der Waals surface area contributed by atoms with E-state index in [1.54, 1.807) is 0 Å². The van der Waals surface area contributed by atoms with Crippen molar-refractivity contribution in [3.8, 4) is 0 Å². The highest BCUT2D eigenvalue weighted by atomic mass is 16.5. The molecule has 0 aliphatic rings. The minimum atomic E-state index is 0. The third-order valence-electron chi connectivity index (χ3n) is 2.88. The molecule has 0 aliphatic heterocycles. The van der Waals surface area contributed by atoms with E-state index < -0.39 is 0 Å². The van der Waals surface area contributed by atoms with Crippen LogP contribution in [0.4, 0.5) is 0 Å². The van der Waals surface area contributed by atoms with Crippen LogP contribution in [0.25, 0.3) is 0 Å². The Morgan fingerprint density at radius 1 is 0.632 bits per heavy atom. The molecule has 0 aromatic rings. The summed E-state index contributed by atoms with van der Waals surface area (Å²) in [6, 6.07) is 0. The van der Waals surface area contributed by atoms with Crippen LogP contribution in [-0.2, 0) is 4.74 Å². The zero-order valence-corrected chi connectivity index (χ0v) is 11.0. The highest BCUT2D eigenvalue weighted by Gasteiger charge is 1.92. The van der Waals surface area contributed by atoms with Crippen molar-refractivity contribution in [2.45, 2.75) is 93.4 Å². The molecule has 0 amide bonds. The molecular weight excluding hydrogens is 236 g/mol. The Morgan fingerprint density at radius 3 is 1.47 bits per heavy atom. The number of hydrogen-bond donors (Lipinski definition) is 1. The summed E-state index contributed by atoms with van der Waals surface area (Å²) < 4.78 is 5.20. The van der Waals surface area contributed by atoms with Gasteiger partial charge in [-0.15, -0.1) is 0 Å². The number of aliphatic hydroxyl groups is 1. The van der Waals surface area contributed by atoms with Crippen LogP contribution in [0.3, 0.4) is 0 Å². The van der Waals surface area contributed by atoms with Crippen LogP contribution in [0.15, 0.2) is 0 Å². The monoisotopic (exact) mass is 278 g/mol. The Hall–Kier alpha value is -0.0800. The van der Waals surface area contributed by atoms with Gasteiger partial charge in [-0.1, -0.05) is 87.0 Å². The summed E-state index contributed by atoms with van der Waals surface area (Å²) in [6.45, 7) is 3.73. The molecule has 122 valence electrons. The fourth-order valence-corrected chi connectivity index (χ4v) is 1.86. The lowest BCUT2D eigenvalue weighted by Gasteiger charge is -2.03. The van der Waals surface area contributed by atoms with Crippen molar-refractivity contribution in [3.05, 3.63) is 0 Å². The first-order valence-electron chi connectivity index (χ1n) is 7.10. The molecule has 19 heavy (non-hydrogen) atoms. The first-order chi connectivity index (χ1) is 7.91. The van der Waals surface area contributed by atoms with Gasteiger partial charge in [0.15, 0.2) is 0 Å². The fourth-order valence-electron chi connectivity index (χ4n) is 1.86. The molecule has 0 saturated carbocycles. The lowest BCUT2D eigenvalue weighted by Crippen LogP contribution is -2.00. The van der Waals surface area contributed by atoms with E-state index in [-0.39, 0.29) is 28.9 Å². The van der Waals surface area contributed by atoms with Crippen LogP contribution < -0.4 is 0 Å². The summed E-state index contributed by atoms with van der Waals surface area (Å²) in [4.78, 5) is 0. The minimum Gasteiger partial charge on any atom is -0.394 e. The van der Waals surface area contributed by atoms with Crippen molar-refractivity contribution >= 4 is 0 Å². The van der Waals surface area contributed by atoms with Crippen LogP contribution in [0.5, 0.6) is 0 Å². The molecule has 0 spiro atoms. The second kappa shape index (κ2) is 26.5. The maximum Gasteiger partial charge on any atom is 0.0697 e. The second-order valence-electron chi connectivity index (χ2n) is 4.52. The van der Waals surface area contributed by atoms with Gasteiger partial charge in [-0.3, -0.25) is 0 Å². The summed E-state index contributed by atoms with van der Waals surface area (Å²) >= 11 is 0. The van der Waals surface area contributed by atoms with E-state index in [2.05, 4.69) is 6.92 Å². The quantitative estimate of drug-likeness (QED) is 0.430. The maximum absolute atomic E-state index is 8.50. The number of unbranched alkanes of at least 4 members (excludes halogenated alkanes) is 9. The SMILES string of the molecule is C.C.C.CCCCCCCCCCCCOCCO. The van der Waals surface area contributed by atoms with Crippen LogP contribution >= 0.6 is 0 Å². The minimum absolute atomic E-state index is 0. The maximum atomic E-state index is 8.50. The zero-order valence-electron chi connectivity index (χ0n) is 11.0. The molecular formula is C17H42O2. The third-order valence-corrected chi connectivity index (χ3v) is 2.88. The molecule has 0 bridgehead atoms. The summed E-state index contributed by atoms with van der Waals surface area (Å²) in [5.74, 6) is 0. The molecule has 0 aliphatic carbocycles. The molecule has 0 aromatic heterocycles. The largest absolute Gasteiger partial charge is 0.394 e. The van der Waals surface area contributed by atoms with Gasteiger partial charge in [-0.05, 0) is 6.42 Å². The van der Waals surface area contributed by atoms with Gasteiger partial charge < -0.3 is 9.84 Å². The Labute approximate surface area is 124 Å². The highest BCUT2D eigenvalue weighted by Crippen LogP contribution is 2.10. The number of hydrogen-bond acceptors (Lipinski definition) is 2. The van der Waals surface area contributed by atoms with E-state index in [9.17, 15) is 0 Å². The Bertz CT molecular complexity index is 102. The van der Waals surface area contributed by atoms with E-state index >= 15 is 0 Å². The number of ether oxygens (including phenoxy) is 1. The van der Waals surface area contributed by atoms with E-state index in [0.717, 1.165) is 13.0 Å². The zero-order chi connectivity index (χ0) is 11.9. The molecule has 0 fully saturated rings. The Kier molecular flexibility index (Phi) is 38.0. The third kappa shape index (κ3) is 27.2. The highest BCUT2D eigenvalue weighted by molar-refractivity contribution is 4.47. The van der Waals surface area contributed by atoms with Gasteiger partial charge in [0.05, 0.1) is 13.2 Å². The molecule has 0 unspecified atom stereocenters. The lowest BCUT2D eigenvalue weighted by molar-refractivity contribution is 0.0895. The summed E-state index contributed by atoms with van der Waals surface area (Å²) in [7, 11) is 0. The van der Waals surface area contributed by atoms with Crippen molar-refractivity contribution in [3.63, 3.8) is 0 Å². The van der Waals surface area contributed by atoms with Crippen LogP contribution in [0, 0.1) is 0 Å². The van der Waals surface area contributed by atoms with E-state index in [4.69, 9.17) is 9.84 Å². The topological polar surface area (TPSA) is 29.5 Å². The van der Waals surface area contributed by atoms with E-state index in [1.807, 2.05) is 0 Å². The Morgan fingerprint density at radius 2 is 1.05 bits per heavy atom. The van der Waals surface area contributed by atoms with Crippen molar-refractivity contribution in [1.82, 2.24) is 0 Å². The van der Waals surface area contributed by atoms with Crippen molar-refractivity contribution < 1.29 is 9.84 Å². The first kappa shape index (κ1) is 27.3. The van der Waals surface area contributed by atoms with Gasteiger partial charge in [0.25, 0.3) is 0 Å². The molecule has 0 saturated heterocycles. The molecule has 0 rings (SSSR count). The summed E-state index contributed by atoms with van der Waals surface area (Å²) in [5.41, 5.74) is 0. The molecule has 0 radical (unpaired) electrons. The average Bonchev–Trinajstić information content (AvgIpc) is 2.31. The predicted molar refractivity (Wildman–Crippen MR) is 89.9 cm³/mol. The van der Waals surface area contributed by atoms with Gasteiger partial charge >= 0.3 is 0 Å². The molecule has 0 aromatic carbocycles. The van der Waals surface area contributed by atoms with Crippen molar-refractivity contribution in [2.24, 2.45) is 0 Å². The number of rotatable bonds is 13. The second-order valence-corrected chi connectivity index (χ2v) is 4.52. The van der Waals surface area contributed by atoms with Crippen LogP contribution in [0.1, 0.15) is 93.4 Å². The average molecular weight is 279 g/mol. The molecule has 0 atom stereocenters. The first-order valence-corrected chi connectivity index (χ1v) is 7.10. The summed E-state index contributed by atoms with van der Waals surface area (Å²) in [5, 5.41) is 8.50. The van der Waals surface area contributed by atoms with Crippen LogP contribution in [0.2, 0.25) is 0 Å². The van der Waals surface area contributed by atoms with Gasteiger partial charge in [-0.2, -0.15) is 0 Å². The molecule has 2 heteroatoms. The standard InChI is InChI=1S/C14H30O2.3CH4/c1-2-3-4-5-6-7-8-9-10-11-13-16-14-12-15;;;/h15H,2-14H2,1H3;3*1H4. The van der Waals surface area contributed by atoms with E-state index in [0.29, 0.717) is 6.61 Å². The van der Waals surface area contributed by atoms with Crippen LogP contribution in [-0.4, -0.2) is 24.9 Å². The van der Waals surface area contributed by atoms with E-state index in [1.165, 1.54) is 57.8 Å². The Balaban J connectivity index is -0.000000375. The normalized spacial score (nSPS) is 9.16. The smallest absolute Gasteiger partial charge is 0.0697 e. The predicted octanol–water partition coefficient (Wildman–Crippen LogP) is 5.82. The molecule has 1 N–H and O–H groups in total. The van der Waals surface area contributed by atoms with Gasteiger partial charge in [0, 0.05) is 6.61 Å². The molecule has 2 nitrogen and oxygen atoms in total. The van der Waals surface area contributed by atoms with Crippen molar-refractivity contribution in [2.75, 3.05) is 19.8 Å². The van der Waals surface area contributed by atoms with Gasteiger partial charge in [0.1, 0.15) is 0 Å². The van der Waals surface area contributed by atoms with Gasteiger partial charge in [0.2, 0.25) is 0 Å². The fraction of sp³-hybridized carbons (Fsp3) is 1.00. The van der Waals surface area contributed by atoms with Gasteiger partial charge in [-0.25, -0.2) is 0 Å². The number of aliphatic hydroxyl groups excluding tert-OH is 1. The molecule has 0 heterocycles.